The molecule has 0 rings (SSSR count). The van der Waals surface area contributed by atoms with Crippen LogP contribution in [0, 0.1) is 11.8 Å². The number of allylic oxidation sites excluding steroid dienone is 1. The SMILES string of the molecule is CC(C)C[C@@H](C)C(F)=C(F)F. The molecule has 0 aliphatic carbocycles. The highest BCUT2D eigenvalue weighted by atomic mass is 19.3. The van der Waals surface area contributed by atoms with Gasteiger partial charge in [-0.2, -0.15) is 8.78 Å². The summed E-state index contributed by atoms with van der Waals surface area (Å²) in [7, 11) is 0. The highest BCUT2D eigenvalue weighted by Crippen LogP contribution is 2.24. The van der Waals surface area contributed by atoms with E-state index in [-0.39, 0.29) is 5.92 Å². The van der Waals surface area contributed by atoms with E-state index in [1.807, 2.05) is 13.8 Å². The fourth-order valence-corrected chi connectivity index (χ4v) is 0.997. The van der Waals surface area contributed by atoms with Gasteiger partial charge in [-0.05, 0) is 12.3 Å². The summed E-state index contributed by atoms with van der Waals surface area (Å²) in [6.45, 7) is 5.22. The Morgan fingerprint density at radius 2 is 1.55 bits per heavy atom. The first-order valence-corrected chi connectivity index (χ1v) is 3.65. The third-order valence-corrected chi connectivity index (χ3v) is 1.44. The summed E-state index contributed by atoms with van der Waals surface area (Å²) >= 11 is 0. The zero-order valence-corrected chi connectivity index (χ0v) is 7.00. The molecule has 0 N–H and O–H groups in total. The van der Waals surface area contributed by atoms with Crippen LogP contribution in [0.25, 0.3) is 0 Å². The van der Waals surface area contributed by atoms with Crippen LogP contribution in [0.2, 0.25) is 0 Å². The Balaban J connectivity index is 4.04. The lowest BCUT2D eigenvalue weighted by Crippen LogP contribution is -2.01. The summed E-state index contributed by atoms with van der Waals surface area (Å²) in [6, 6.07) is 0. The van der Waals surface area contributed by atoms with E-state index >= 15 is 0 Å². The van der Waals surface area contributed by atoms with Crippen LogP contribution in [0.3, 0.4) is 0 Å². The van der Waals surface area contributed by atoms with Crippen LogP contribution in [-0.4, -0.2) is 0 Å². The molecule has 0 nitrogen and oxygen atoms in total. The van der Waals surface area contributed by atoms with Crippen molar-refractivity contribution in [2.24, 2.45) is 11.8 Å². The number of hydrogen-bond acceptors (Lipinski definition) is 0. The van der Waals surface area contributed by atoms with Crippen molar-refractivity contribution in [1.82, 2.24) is 0 Å². The van der Waals surface area contributed by atoms with Gasteiger partial charge >= 0.3 is 6.08 Å². The highest BCUT2D eigenvalue weighted by molar-refractivity contribution is 4.96. The van der Waals surface area contributed by atoms with Crippen molar-refractivity contribution in [3.8, 4) is 0 Å². The fraction of sp³-hybridized carbons (Fsp3) is 0.750. The molecule has 0 amide bonds. The Morgan fingerprint density at radius 1 is 1.09 bits per heavy atom. The van der Waals surface area contributed by atoms with Crippen molar-refractivity contribution in [2.45, 2.75) is 27.2 Å². The van der Waals surface area contributed by atoms with E-state index in [9.17, 15) is 13.2 Å². The topological polar surface area (TPSA) is 0 Å². The third-order valence-electron chi connectivity index (χ3n) is 1.44. The van der Waals surface area contributed by atoms with Crippen LogP contribution >= 0.6 is 0 Å². The first kappa shape index (κ1) is 10.5. The summed E-state index contributed by atoms with van der Waals surface area (Å²) in [5.41, 5.74) is 0. The Labute approximate surface area is 65.1 Å². The summed E-state index contributed by atoms with van der Waals surface area (Å²) in [5, 5.41) is 0. The predicted molar refractivity (Wildman–Crippen MR) is 39.0 cm³/mol. The van der Waals surface area contributed by atoms with Gasteiger partial charge < -0.3 is 0 Å². The second-order valence-corrected chi connectivity index (χ2v) is 3.14. The van der Waals surface area contributed by atoms with Gasteiger partial charge in [0.25, 0.3) is 0 Å². The van der Waals surface area contributed by atoms with Crippen molar-refractivity contribution >= 4 is 0 Å². The van der Waals surface area contributed by atoms with Crippen molar-refractivity contribution in [2.75, 3.05) is 0 Å². The van der Waals surface area contributed by atoms with Crippen LogP contribution in [0.4, 0.5) is 13.2 Å². The average Bonchev–Trinajstić information content (AvgIpc) is 1.84. The smallest absolute Gasteiger partial charge is 0.206 e. The normalized spacial score (nSPS) is 13.4. The molecule has 0 aromatic heterocycles. The Bertz CT molecular complexity index is 145. The molecule has 0 spiro atoms. The summed E-state index contributed by atoms with van der Waals surface area (Å²) in [4.78, 5) is 0. The number of hydrogen-bond donors (Lipinski definition) is 0. The minimum Gasteiger partial charge on any atom is -0.206 e. The van der Waals surface area contributed by atoms with Gasteiger partial charge in [0.1, 0.15) is 0 Å². The maximum Gasteiger partial charge on any atom is 0.301 e. The van der Waals surface area contributed by atoms with Gasteiger partial charge in [0, 0.05) is 5.92 Å². The van der Waals surface area contributed by atoms with Crippen molar-refractivity contribution in [3.63, 3.8) is 0 Å². The van der Waals surface area contributed by atoms with E-state index < -0.39 is 17.8 Å². The lowest BCUT2D eigenvalue weighted by Gasteiger charge is -2.10. The van der Waals surface area contributed by atoms with Crippen molar-refractivity contribution in [1.29, 1.82) is 0 Å². The largest absolute Gasteiger partial charge is 0.301 e. The molecule has 0 aliphatic rings. The van der Waals surface area contributed by atoms with E-state index in [0.717, 1.165) is 0 Å². The molecule has 0 fully saturated rings. The van der Waals surface area contributed by atoms with Crippen molar-refractivity contribution in [3.05, 3.63) is 11.9 Å². The van der Waals surface area contributed by atoms with E-state index in [1.54, 1.807) is 0 Å². The Hall–Kier alpha value is -0.470. The molecule has 0 aromatic carbocycles. The average molecular weight is 166 g/mol. The molecule has 0 heterocycles. The second kappa shape index (κ2) is 4.42. The van der Waals surface area contributed by atoms with E-state index in [2.05, 4.69) is 0 Å². The van der Waals surface area contributed by atoms with Crippen LogP contribution in [0.1, 0.15) is 27.2 Å². The van der Waals surface area contributed by atoms with E-state index in [4.69, 9.17) is 0 Å². The molecule has 11 heavy (non-hydrogen) atoms. The molecule has 0 bridgehead atoms. The molecule has 0 aliphatic heterocycles. The van der Waals surface area contributed by atoms with Gasteiger partial charge in [0.2, 0.25) is 0 Å². The lowest BCUT2D eigenvalue weighted by atomic mass is 9.98. The van der Waals surface area contributed by atoms with Gasteiger partial charge in [-0.1, -0.05) is 20.8 Å². The molecule has 0 unspecified atom stereocenters. The first-order valence-electron chi connectivity index (χ1n) is 3.65. The third kappa shape index (κ3) is 4.06. The summed E-state index contributed by atoms with van der Waals surface area (Å²) in [5.74, 6) is -1.67. The molecule has 0 radical (unpaired) electrons. The highest BCUT2D eigenvalue weighted by Gasteiger charge is 2.15. The Morgan fingerprint density at radius 3 is 1.82 bits per heavy atom. The summed E-state index contributed by atoms with van der Waals surface area (Å²) < 4.78 is 35.7. The van der Waals surface area contributed by atoms with Gasteiger partial charge in [-0.3, -0.25) is 0 Å². The fourth-order valence-electron chi connectivity index (χ4n) is 0.997. The van der Waals surface area contributed by atoms with Gasteiger partial charge in [-0.15, -0.1) is 0 Å². The zero-order valence-electron chi connectivity index (χ0n) is 7.00. The van der Waals surface area contributed by atoms with Gasteiger partial charge in [0.05, 0.1) is 0 Å². The molecule has 3 heteroatoms. The van der Waals surface area contributed by atoms with Gasteiger partial charge in [0.15, 0.2) is 5.83 Å². The van der Waals surface area contributed by atoms with Gasteiger partial charge in [-0.25, -0.2) is 4.39 Å². The molecule has 0 saturated carbocycles. The molecule has 0 saturated heterocycles. The van der Waals surface area contributed by atoms with E-state index in [0.29, 0.717) is 6.42 Å². The molecule has 1 atom stereocenters. The predicted octanol–water partition coefficient (Wildman–Crippen LogP) is 3.75. The van der Waals surface area contributed by atoms with Crippen LogP contribution in [0.15, 0.2) is 11.9 Å². The standard InChI is InChI=1S/C8H13F3/c1-5(2)4-6(3)7(9)8(10)11/h5-6H,4H2,1-3H3/t6-/m1/s1. The Kier molecular flexibility index (Phi) is 4.23. The van der Waals surface area contributed by atoms with E-state index in [1.165, 1.54) is 6.92 Å². The molecular formula is C8H13F3. The molecular weight excluding hydrogens is 153 g/mol. The van der Waals surface area contributed by atoms with Crippen LogP contribution in [0.5, 0.6) is 0 Å². The van der Waals surface area contributed by atoms with Crippen molar-refractivity contribution < 1.29 is 13.2 Å². The summed E-state index contributed by atoms with van der Waals surface area (Å²) in [6.07, 6.45) is -1.72. The minimum absolute atomic E-state index is 0.245. The zero-order chi connectivity index (χ0) is 9.02. The van der Waals surface area contributed by atoms with Crippen LogP contribution < -0.4 is 0 Å². The second-order valence-electron chi connectivity index (χ2n) is 3.14. The molecule has 0 aromatic rings. The monoisotopic (exact) mass is 166 g/mol. The minimum atomic E-state index is -2.18. The maximum atomic E-state index is 12.4. The lowest BCUT2D eigenvalue weighted by molar-refractivity contribution is 0.327. The maximum absolute atomic E-state index is 12.4. The first-order chi connectivity index (χ1) is 4.95. The molecule has 66 valence electrons. The number of halogens is 3. The van der Waals surface area contributed by atoms with Crippen LogP contribution in [-0.2, 0) is 0 Å². The quantitative estimate of drug-likeness (QED) is 0.599. The number of rotatable bonds is 3.